The van der Waals surface area contributed by atoms with Crippen LogP contribution in [-0.2, 0) is 11.3 Å². The Morgan fingerprint density at radius 3 is 2.73 bits per heavy atom. The molecule has 2 aliphatic rings. The third-order valence-electron chi connectivity index (χ3n) is 4.42. The second kappa shape index (κ2) is 7.11. The molecule has 0 bridgehead atoms. The predicted molar refractivity (Wildman–Crippen MR) is 83.7 cm³/mol. The molecule has 22 heavy (non-hydrogen) atoms. The van der Waals surface area contributed by atoms with Crippen molar-refractivity contribution in [1.82, 2.24) is 9.80 Å². The molecule has 0 unspecified atom stereocenters. The number of hydrogen-bond donors (Lipinski definition) is 1. The highest BCUT2D eigenvalue weighted by molar-refractivity contribution is 5.78. The van der Waals surface area contributed by atoms with Crippen LogP contribution < -0.4 is 4.74 Å². The van der Waals surface area contributed by atoms with Gasteiger partial charge in [-0.1, -0.05) is 18.2 Å². The lowest BCUT2D eigenvalue weighted by molar-refractivity contribution is -0.132. The molecular formula is C17H24N2O3. The molecule has 2 fully saturated rings. The van der Waals surface area contributed by atoms with E-state index in [1.807, 2.05) is 29.2 Å². The van der Waals surface area contributed by atoms with Crippen molar-refractivity contribution in [3.63, 3.8) is 0 Å². The summed E-state index contributed by atoms with van der Waals surface area (Å²) in [5.41, 5.74) is 1.07. The molecule has 1 N–H and O–H groups in total. The van der Waals surface area contributed by atoms with Crippen LogP contribution in [0.15, 0.2) is 24.3 Å². The highest BCUT2D eigenvalue weighted by Crippen LogP contribution is 2.22. The van der Waals surface area contributed by atoms with Gasteiger partial charge in [0.1, 0.15) is 5.75 Å². The Hall–Kier alpha value is -1.59. The van der Waals surface area contributed by atoms with Crippen LogP contribution in [0.1, 0.15) is 24.8 Å². The van der Waals surface area contributed by atoms with Crippen LogP contribution in [0.4, 0.5) is 0 Å². The standard InChI is InChI=1S/C17H24N2O3/c20-15-7-10-18(12-15)11-14-5-1-2-6-16(14)22-13-17(21)19-8-3-4-9-19/h1-2,5-6,15,20H,3-4,7-13H2/t15-/m1/s1. The first-order valence-corrected chi connectivity index (χ1v) is 8.11. The van der Waals surface area contributed by atoms with Gasteiger partial charge in [0.05, 0.1) is 6.10 Å². The number of carbonyl (C=O) groups is 1. The number of ether oxygens (including phenoxy) is 1. The van der Waals surface area contributed by atoms with Crippen molar-refractivity contribution < 1.29 is 14.6 Å². The first-order chi connectivity index (χ1) is 10.7. The Labute approximate surface area is 131 Å². The minimum Gasteiger partial charge on any atom is -0.483 e. The van der Waals surface area contributed by atoms with Gasteiger partial charge in [-0.3, -0.25) is 9.69 Å². The number of rotatable bonds is 5. The Kier molecular flexibility index (Phi) is 4.95. The van der Waals surface area contributed by atoms with Crippen LogP contribution >= 0.6 is 0 Å². The van der Waals surface area contributed by atoms with Gasteiger partial charge in [-0.15, -0.1) is 0 Å². The van der Waals surface area contributed by atoms with Crippen LogP contribution in [0.25, 0.3) is 0 Å². The molecule has 2 heterocycles. The molecule has 2 saturated heterocycles. The zero-order valence-corrected chi connectivity index (χ0v) is 12.9. The molecular weight excluding hydrogens is 280 g/mol. The van der Waals surface area contributed by atoms with Crippen LogP contribution in [0.2, 0.25) is 0 Å². The van der Waals surface area contributed by atoms with Gasteiger partial charge in [0.25, 0.3) is 5.91 Å². The predicted octanol–water partition coefficient (Wildman–Crippen LogP) is 1.25. The summed E-state index contributed by atoms with van der Waals surface area (Å²) in [7, 11) is 0. The van der Waals surface area contributed by atoms with Gasteiger partial charge < -0.3 is 14.7 Å². The normalized spacial score (nSPS) is 22.2. The zero-order valence-electron chi connectivity index (χ0n) is 12.9. The third kappa shape index (κ3) is 3.78. The zero-order chi connectivity index (χ0) is 15.4. The number of amides is 1. The van der Waals surface area contributed by atoms with E-state index in [1.54, 1.807) is 0 Å². The molecule has 3 rings (SSSR count). The second-order valence-corrected chi connectivity index (χ2v) is 6.16. The van der Waals surface area contributed by atoms with E-state index in [0.717, 1.165) is 56.8 Å². The molecule has 0 radical (unpaired) electrons. The fourth-order valence-electron chi connectivity index (χ4n) is 3.17. The minimum absolute atomic E-state index is 0.0731. The monoisotopic (exact) mass is 304 g/mol. The Bertz CT molecular complexity index is 514. The van der Waals surface area contributed by atoms with Gasteiger partial charge in [-0.05, 0) is 25.3 Å². The summed E-state index contributed by atoms with van der Waals surface area (Å²) in [5, 5.41) is 9.62. The van der Waals surface area contributed by atoms with Crippen molar-refractivity contribution in [3.8, 4) is 5.75 Å². The molecule has 0 aliphatic carbocycles. The molecule has 0 aromatic heterocycles. The Morgan fingerprint density at radius 2 is 2.00 bits per heavy atom. The number of hydrogen-bond acceptors (Lipinski definition) is 4. The van der Waals surface area contributed by atoms with E-state index in [2.05, 4.69) is 4.90 Å². The summed E-state index contributed by atoms with van der Waals surface area (Å²) in [5.74, 6) is 0.848. The number of nitrogens with zero attached hydrogens (tertiary/aromatic N) is 2. The summed E-state index contributed by atoms with van der Waals surface area (Å²) in [6.07, 6.45) is 2.81. The Balaban J connectivity index is 1.57. The summed E-state index contributed by atoms with van der Waals surface area (Å²) < 4.78 is 5.77. The quantitative estimate of drug-likeness (QED) is 0.890. The summed E-state index contributed by atoms with van der Waals surface area (Å²) in [6.45, 7) is 4.19. The van der Waals surface area contributed by atoms with E-state index in [-0.39, 0.29) is 18.6 Å². The van der Waals surface area contributed by atoms with Crippen LogP contribution in [-0.4, -0.2) is 59.7 Å². The van der Waals surface area contributed by atoms with Gasteiger partial charge >= 0.3 is 0 Å². The number of benzene rings is 1. The molecule has 5 nitrogen and oxygen atoms in total. The van der Waals surface area contributed by atoms with Crippen molar-refractivity contribution in [3.05, 3.63) is 29.8 Å². The van der Waals surface area contributed by atoms with E-state index in [9.17, 15) is 9.90 Å². The number of likely N-dealkylation sites (tertiary alicyclic amines) is 2. The average Bonchev–Trinajstić information content (AvgIpc) is 3.18. The van der Waals surface area contributed by atoms with Gasteiger partial charge in [0.2, 0.25) is 0 Å². The summed E-state index contributed by atoms with van der Waals surface area (Å²) in [6, 6.07) is 7.86. The second-order valence-electron chi connectivity index (χ2n) is 6.16. The molecule has 0 saturated carbocycles. The molecule has 5 heteroatoms. The maximum absolute atomic E-state index is 12.1. The first kappa shape index (κ1) is 15.3. The lowest BCUT2D eigenvalue weighted by Crippen LogP contribution is -2.32. The molecule has 0 spiro atoms. The van der Waals surface area contributed by atoms with Crippen molar-refractivity contribution in [1.29, 1.82) is 0 Å². The fraction of sp³-hybridized carbons (Fsp3) is 0.588. The van der Waals surface area contributed by atoms with Crippen LogP contribution in [0.3, 0.4) is 0 Å². The Morgan fingerprint density at radius 1 is 1.23 bits per heavy atom. The number of β-amino-alcohol motifs (C(OH)–C–C–N with tert-alkyl or cyclic N) is 1. The first-order valence-electron chi connectivity index (χ1n) is 8.11. The van der Waals surface area contributed by atoms with Crippen molar-refractivity contribution in [2.24, 2.45) is 0 Å². The number of aliphatic hydroxyl groups is 1. The lowest BCUT2D eigenvalue weighted by atomic mass is 10.2. The van der Waals surface area contributed by atoms with E-state index in [1.165, 1.54) is 0 Å². The van der Waals surface area contributed by atoms with E-state index >= 15 is 0 Å². The smallest absolute Gasteiger partial charge is 0.260 e. The van der Waals surface area contributed by atoms with E-state index in [0.29, 0.717) is 6.54 Å². The van der Waals surface area contributed by atoms with Crippen molar-refractivity contribution in [2.45, 2.75) is 31.9 Å². The molecule has 1 aromatic rings. The molecule has 2 aliphatic heterocycles. The van der Waals surface area contributed by atoms with Crippen LogP contribution in [0.5, 0.6) is 5.75 Å². The number of aliphatic hydroxyl groups excluding tert-OH is 1. The minimum atomic E-state index is -0.218. The van der Waals surface area contributed by atoms with Gasteiger partial charge in [0.15, 0.2) is 6.61 Å². The highest BCUT2D eigenvalue weighted by atomic mass is 16.5. The third-order valence-corrected chi connectivity index (χ3v) is 4.42. The largest absolute Gasteiger partial charge is 0.483 e. The summed E-state index contributed by atoms with van der Waals surface area (Å²) in [4.78, 5) is 16.2. The maximum Gasteiger partial charge on any atom is 0.260 e. The van der Waals surface area contributed by atoms with Crippen molar-refractivity contribution in [2.75, 3.05) is 32.8 Å². The number of carbonyl (C=O) groups excluding carboxylic acids is 1. The SMILES string of the molecule is O=C(COc1ccccc1CN1CC[C@@H](O)C1)N1CCCC1. The molecule has 1 aromatic carbocycles. The summed E-state index contributed by atoms with van der Waals surface area (Å²) >= 11 is 0. The van der Waals surface area contributed by atoms with Gasteiger partial charge in [0, 0.05) is 38.3 Å². The molecule has 1 amide bonds. The van der Waals surface area contributed by atoms with Gasteiger partial charge in [-0.25, -0.2) is 0 Å². The van der Waals surface area contributed by atoms with Crippen LogP contribution in [0, 0.1) is 0 Å². The fourth-order valence-corrected chi connectivity index (χ4v) is 3.17. The average molecular weight is 304 g/mol. The molecule has 120 valence electrons. The lowest BCUT2D eigenvalue weighted by Gasteiger charge is -2.19. The van der Waals surface area contributed by atoms with Crippen molar-refractivity contribution >= 4 is 5.91 Å². The van der Waals surface area contributed by atoms with E-state index < -0.39 is 0 Å². The number of para-hydroxylation sites is 1. The van der Waals surface area contributed by atoms with E-state index in [4.69, 9.17) is 4.74 Å². The van der Waals surface area contributed by atoms with Gasteiger partial charge in [-0.2, -0.15) is 0 Å². The highest BCUT2D eigenvalue weighted by Gasteiger charge is 2.22. The molecule has 1 atom stereocenters. The maximum atomic E-state index is 12.1. The topological polar surface area (TPSA) is 53.0 Å².